The minimum atomic E-state index is 0.212. The van der Waals surface area contributed by atoms with Gasteiger partial charge in [-0.3, -0.25) is 4.79 Å². The monoisotopic (exact) mass is 309 g/mol. The maximum atomic E-state index is 11.9. The average Bonchev–Trinajstić information content (AvgIpc) is 3.18. The summed E-state index contributed by atoms with van der Waals surface area (Å²) >= 11 is 1.57. The van der Waals surface area contributed by atoms with E-state index in [-0.39, 0.29) is 5.91 Å². The lowest BCUT2D eigenvalue weighted by atomic mass is 10.1. The smallest absolute Gasteiger partial charge is 0.227 e. The number of benzene rings is 1. The Hall–Kier alpha value is -2.27. The fraction of sp³-hybridized carbons (Fsp3) is 0.235. The van der Waals surface area contributed by atoms with Crippen molar-refractivity contribution in [2.24, 2.45) is 0 Å². The Morgan fingerprint density at radius 1 is 1.23 bits per heavy atom. The van der Waals surface area contributed by atoms with Crippen LogP contribution in [0, 0.1) is 6.92 Å². The lowest BCUT2D eigenvalue weighted by molar-refractivity contribution is -0.117. The number of anilines is 1. The van der Waals surface area contributed by atoms with Gasteiger partial charge in [0.05, 0.1) is 22.4 Å². The molecule has 0 unspecified atom stereocenters. The highest BCUT2D eigenvalue weighted by molar-refractivity contribution is 7.07. The number of pyridine rings is 1. The molecule has 0 N–H and O–H groups in total. The molecule has 0 spiro atoms. The van der Waals surface area contributed by atoms with Crippen molar-refractivity contribution in [3.05, 3.63) is 40.7 Å². The number of rotatable bonds is 2. The Kier molecular flexibility index (Phi) is 3.15. The van der Waals surface area contributed by atoms with Crippen molar-refractivity contribution in [1.82, 2.24) is 9.97 Å². The van der Waals surface area contributed by atoms with Gasteiger partial charge in [-0.05, 0) is 43.2 Å². The summed E-state index contributed by atoms with van der Waals surface area (Å²) in [6.07, 6.45) is 1.59. The Morgan fingerprint density at radius 2 is 2.14 bits per heavy atom. The molecule has 3 aromatic rings. The lowest BCUT2D eigenvalue weighted by Crippen LogP contribution is -2.23. The minimum Gasteiger partial charge on any atom is -0.312 e. The number of hydrogen-bond acceptors (Lipinski definition) is 4. The van der Waals surface area contributed by atoms with Crippen molar-refractivity contribution >= 4 is 33.8 Å². The highest BCUT2D eigenvalue weighted by Crippen LogP contribution is 2.29. The van der Waals surface area contributed by atoms with Crippen LogP contribution >= 0.6 is 11.3 Å². The summed E-state index contributed by atoms with van der Waals surface area (Å²) in [6, 6.07) is 8.13. The summed E-state index contributed by atoms with van der Waals surface area (Å²) < 4.78 is 0. The van der Waals surface area contributed by atoms with Crippen LogP contribution in [0.2, 0.25) is 0 Å². The predicted molar refractivity (Wildman–Crippen MR) is 89.2 cm³/mol. The van der Waals surface area contributed by atoms with Crippen LogP contribution in [0.4, 0.5) is 5.69 Å². The minimum absolute atomic E-state index is 0.212. The van der Waals surface area contributed by atoms with Crippen molar-refractivity contribution in [2.75, 3.05) is 11.4 Å². The first-order valence-corrected chi connectivity index (χ1v) is 8.27. The summed E-state index contributed by atoms with van der Waals surface area (Å²) in [7, 11) is 0. The second-order valence-corrected chi connectivity index (χ2v) is 6.27. The maximum Gasteiger partial charge on any atom is 0.227 e. The molecule has 22 heavy (non-hydrogen) atoms. The van der Waals surface area contributed by atoms with Crippen molar-refractivity contribution in [2.45, 2.75) is 19.8 Å². The third-order valence-electron chi connectivity index (χ3n) is 4.08. The van der Waals surface area contributed by atoms with E-state index >= 15 is 0 Å². The lowest BCUT2D eigenvalue weighted by Gasteiger charge is -2.16. The number of aromatic nitrogens is 2. The first kappa shape index (κ1) is 13.4. The third kappa shape index (κ3) is 2.18. The van der Waals surface area contributed by atoms with E-state index in [1.807, 2.05) is 27.9 Å². The Morgan fingerprint density at radius 3 is 2.86 bits per heavy atom. The Bertz CT molecular complexity index is 858. The van der Waals surface area contributed by atoms with E-state index in [1.54, 1.807) is 11.3 Å². The van der Waals surface area contributed by atoms with Crippen LogP contribution in [-0.4, -0.2) is 22.4 Å². The predicted octanol–water partition coefficient (Wildman–Crippen LogP) is 3.79. The first-order valence-electron chi connectivity index (χ1n) is 7.33. The van der Waals surface area contributed by atoms with Crippen LogP contribution in [0.3, 0.4) is 0 Å². The molecule has 1 aliphatic heterocycles. The third-order valence-corrected chi connectivity index (χ3v) is 4.67. The van der Waals surface area contributed by atoms with Gasteiger partial charge >= 0.3 is 0 Å². The van der Waals surface area contributed by atoms with Gasteiger partial charge < -0.3 is 4.90 Å². The molecule has 0 bridgehead atoms. The fourth-order valence-electron chi connectivity index (χ4n) is 2.94. The molecule has 110 valence electrons. The highest BCUT2D eigenvalue weighted by Gasteiger charge is 2.22. The molecule has 3 heterocycles. The molecule has 0 saturated carbocycles. The molecule has 4 nitrogen and oxygen atoms in total. The zero-order chi connectivity index (χ0) is 15.1. The molecule has 0 aliphatic carbocycles. The number of thiazole rings is 1. The summed E-state index contributed by atoms with van der Waals surface area (Å²) in [5.41, 5.74) is 6.70. The van der Waals surface area contributed by atoms with E-state index in [4.69, 9.17) is 4.98 Å². The van der Waals surface area contributed by atoms with Crippen LogP contribution in [-0.2, 0) is 4.79 Å². The molecule has 1 aliphatic rings. The molecule has 1 amide bonds. The van der Waals surface area contributed by atoms with Gasteiger partial charge in [0, 0.05) is 29.4 Å². The van der Waals surface area contributed by atoms with Crippen LogP contribution in [0.25, 0.3) is 22.3 Å². The van der Waals surface area contributed by atoms with Crippen molar-refractivity contribution in [1.29, 1.82) is 0 Å². The van der Waals surface area contributed by atoms with Gasteiger partial charge in [-0.2, -0.15) is 0 Å². The summed E-state index contributed by atoms with van der Waals surface area (Å²) in [5, 5.41) is 3.10. The summed E-state index contributed by atoms with van der Waals surface area (Å²) in [4.78, 5) is 22.8. The standard InChI is InChI=1S/C17H15N3OS/c1-11-7-15(16-9-22-10-18-16)19-14-5-4-12(8-13(11)14)20-6-2-3-17(20)21/h4-5,7-10H,2-3,6H2,1H3. The molecule has 1 fully saturated rings. The molecule has 1 aromatic carbocycles. The highest BCUT2D eigenvalue weighted by atomic mass is 32.1. The topological polar surface area (TPSA) is 46.1 Å². The van der Waals surface area contributed by atoms with Gasteiger partial charge in [0.25, 0.3) is 0 Å². The van der Waals surface area contributed by atoms with Gasteiger partial charge in [-0.15, -0.1) is 11.3 Å². The van der Waals surface area contributed by atoms with Crippen molar-refractivity contribution in [3.63, 3.8) is 0 Å². The normalized spacial score (nSPS) is 15.0. The maximum absolute atomic E-state index is 11.9. The molecular weight excluding hydrogens is 294 g/mol. The number of carbonyl (C=O) groups is 1. The van der Waals surface area contributed by atoms with Gasteiger partial charge in [0.1, 0.15) is 0 Å². The van der Waals surface area contributed by atoms with Crippen molar-refractivity contribution < 1.29 is 4.79 Å². The second-order valence-electron chi connectivity index (χ2n) is 5.55. The number of carbonyl (C=O) groups excluding carboxylic acids is 1. The zero-order valence-electron chi connectivity index (χ0n) is 12.2. The largest absolute Gasteiger partial charge is 0.312 e. The number of hydrogen-bond donors (Lipinski definition) is 0. The number of fused-ring (bicyclic) bond motifs is 1. The van der Waals surface area contributed by atoms with Crippen LogP contribution in [0.1, 0.15) is 18.4 Å². The van der Waals surface area contributed by atoms with Gasteiger partial charge in [-0.1, -0.05) is 0 Å². The Balaban J connectivity index is 1.82. The van der Waals surface area contributed by atoms with E-state index in [2.05, 4.69) is 24.0 Å². The molecule has 1 saturated heterocycles. The first-order chi connectivity index (χ1) is 10.7. The number of nitrogens with zero attached hydrogens (tertiary/aromatic N) is 3. The molecule has 2 aromatic heterocycles. The second kappa shape index (κ2) is 5.18. The Labute approximate surface area is 132 Å². The zero-order valence-corrected chi connectivity index (χ0v) is 13.1. The molecule has 5 heteroatoms. The van der Waals surface area contributed by atoms with Gasteiger partial charge in [0.15, 0.2) is 0 Å². The van der Waals surface area contributed by atoms with E-state index in [0.29, 0.717) is 6.42 Å². The van der Waals surface area contributed by atoms with Gasteiger partial charge in [0.2, 0.25) is 5.91 Å². The quantitative estimate of drug-likeness (QED) is 0.723. The molecule has 0 radical (unpaired) electrons. The number of amides is 1. The number of aryl methyl sites for hydroxylation is 1. The SMILES string of the molecule is Cc1cc(-c2cscn2)nc2ccc(N3CCCC3=O)cc12. The fourth-order valence-corrected chi connectivity index (χ4v) is 3.49. The van der Waals surface area contributed by atoms with Gasteiger partial charge in [-0.25, -0.2) is 9.97 Å². The van der Waals surface area contributed by atoms with E-state index in [0.717, 1.165) is 46.5 Å². The van der Waals surface area contributed by atoms with Crippen LogP contribution in [0.15, 0.2) is 35.2 Å². The van der Waals surface area contributed by atoms with E-state index in [9.17, 15) is 4.79 Å². The summed E-state index contributed by atoms with van der Waals surface area (Å²) in [6.45, 7) is 2.89. The average molecular weight is 309 g/mol. The van der Waals surface area contributed by atoms with Crippen molar-refractivity contribution in [3.8, 4) is 11.4 Å². The van der Waals surface area contributed by atoms with E-state index < -0.39 is 0 Å². The summed E-state index contributed by atoms with van der Waals surface area (Å²) in [5.74, 6) is 0.212. The molecular formula is C17H15N3OS. The van der Waals surface area contributed by atoms with Crippen LogP contribution < -0.4 is 4.90 Å². The van der Waals surface area contributed by atoms with Crippen LogP contribution in [0.5, 0.6) is 0 Å². The van der Waals surface area contributed by atoms with E-state index in [1.165, 1.54) is 0 Å². The molecule has 4 rings (SSSR count). The molecule has 0 atom stereocenters.